The van der Waals surface area contributed by atoms with Gasteiger partial charge in [0.1, 0.15) is 6.54 Å². The van der Waals surface area contributed by atoms with Crippen molar-refractivity contribution in [1.82, 2.24) is 0 Å². The van der Waals surface area contributed by atoms with Crippen molar-refractivity contribution < 1.29 is 23.5 Å². The van der Waals surface area contributed by atoms with E-state index >= 15 is 0 Å². The summed E-state index contributed by atoms with van der Waals surface area (Å²) >= 11 is 0. The Morgan fingerprint density at radius 1 is 0.676 bits per heavy atom. The molecule has 37 heavy (non-hydrogen) atoms. The average Bonchev–Trinajstić information content (AvgIpc) is 2.91. The highest BCUT2D eigenvalue weighted by Crippen LogP contribution is 2.34. The van der Waals surface area contributed by atoms with Crippen LogP contribution in [0, 0.1) is 0 Å². The van der Waals surface area contributed by atoms with Gasteiger partial charge >= 0.3 is 0 Å². The molecule has 0 aromatic heterocycles. The van der Waals surface area contributed by atoms with Crippen molar-refractivity contribution in [3.8, 4) is 23.0 Å². The van der Waals surface area contributed by atoms with Gasteiger partial charge in [0.05, 0.1) is 28.4 Å². The number of hydrogen-bond acceptors (Lipinski definition) is 4. The molecular weight excluding hydrogens is 462 g/mol. The van der Waals surface area contributed by atoms with E-state index in [1.807, 2.05) is 6.07 Å². The number of benzene rings is 3. The minimum Gasteiger partial charge on any atom is -0.493 e. The summed E-state index contributed by atoms with van der Waals surface area (Å²) < 4.78 is 24.8. The predicted molar refractivity (Wildman–Crippen MR) is 149 cm³/mol. The van der Waals surface area contributed by atoms with Gasteiger partial charge in [-0.1, -0.05) is 45.0 Å². The number of nitrogens with zero attached hydrogens (tertiary/aromatic N) is 1. The van der Waals surface area contributed by atoms with Gasteiger partial charge in [0, 0.05) is 24.0 Å². The fourth-order valence-electron chi connectivity index (χ4n) is 5.06. The predicted octanol–water partition coefficient (Wildman–Crippen LogP) is 6.21. The lowest BCUT2D eigenvalue weighted by Crippen LogP contribution is -2.30. The zero-order chi connectivity index (χ0) is 26.6. The van der Waals surface area contributed by atoms with E-state index < -0.39 is 0 Å². The van der Waals surface area contributed by atoms with Crippen molar-refractivity contribution in [2.45, 2.75) is 52.0 Å². The van der Waals surface area contributed by atoms with Crippen molar-refractivity contribution >= 4 is 5.71 Å². The van der Waals surface area contributed by atoms with Gasteiger partial charge in [0.15, 0.2) is 35.3 Å². The Kier molecular flexibility index (Phi) is 8.11. The van der Waals surface area contributed by atoms with E-state index in [9.17, 15) is 0 Å². The van der Waals surface area contributed by atoms with E-state index in [4.69, 9.17) is 18.9 Å². The third-order valence-corrected chi connectivity index (χ3v) is 7.24. The number of rotatable bonds is 9. The highest BCUT2D eigenvalue weighted by Gasteiger charge is 2.28. The third-order valence-electron chi connectivity index (χ3n) is 7.24. The van der Waals surface area contributed by atoms with E-state index in [0.29, 0.717) is 0 Å². The van der Waals surface area contributed by atoms with Crippen LogP contribution in [0.15, 0.2) is 54.6 Å². The van der Waals surface area contributed by atoms with Crippen LogP contribution in [0.5, 0.6) is 23.0 Å². The molecule has 1 aliphatic rings. The molecule has 5 nitrogen and oxygen atoms in total. The molecule has 3 aromatic carbocycles. The largest absolute Gasteiger partial charge is 0.493 e. The molecule has 3 aromatic rings. The molecule has 196 valence electrons. The summed E-state index contributed by atoms with van der Waals surface area (Å²) in [7, 11) is 6.74. The zero-order valence-corrected chi connectivity index (χ0v) is 23.3. The van der Waals surface area contributed by atoms with Gasteiger partial charge < -0.3 is 18.9 Å². The lowest BCUT2D eigenvalue weighted by molar-refractivity contribution is -0.545. The molecule has 0 aliphatic carbocycles. The van der Waals surface area contributed by atoms with Crippen LogP contribution in [-0.2, 0) is 24.8 Å². The number of aryl methyl sites for hydroxylation is 1. The van der Waals surface area contributed by atoms with Crippen molar-refractivity contribution in [2.75, 3.05) is 35.0 Å². The highest BCUT2D eigenvalue weighted by molar-refractivity contribution is 5.99. The number of methoxy groups -OCH3 is 4. The monoisotopic (exact) mass is 502 g/mol. The van der Waals surface area contributed by atoms with Gasteiger partial charge in [-0.25, -0.2) is 4.58 Å². The van der Waals surface area contributed by atoms with E-state index in [-0.39, 0.29) is 5.41 Å². The molecule has 0 spiro atoms. The van der Waals surface area contributed by atoms with Crippen LogP contribution in [-0.4, -0.2) is 45.3 Å². The highest BCUT2D eigenvalue weighted by atomic mass is 16.5. The first-order chi connectivity index (χ1) is 17.8. The summed E-state index contributed by atoms with van der Waals surface area (Å²) in [5.41, 5.74) is 7.93. The maximum atomic E-state index is 5.68. The fourth-order valence-corrected chi connectivity index (χ4v) is 5.06. The molecule has 0 fully saturated rings. The summed E-state index contributed by atoms with van der Waals surface area (Å²) in [4.78, 5) is 0. The molecule has 0 atom stereocenters. The second-order valence-electron chi connectivity index (χ2n) is 10.6. The van der Waals surface area contributed by atoms with Gasteiger partial charge in [0.25, 0.3) is 0 Å². The first kappa shape index (κ1) is 26.6. The molecule has 1 heterocycles. The minimum atomic E-state index is 0.154. The van der Waals surface area contributed by atoms with E-state index in [0.717, 1.165) is 55.4 Å². The van der Waals surface area contributed by atoms with Crippen LogP contribution in [0.4, 0.5) is 0 Å². The first-order valence-electron chi connectivity index (χ1n) is 12.9. The standard InChI is InChI=1S/C32H40NO4/c1-32(2,3)25-12-8-22(9-13-25)10-14-27-26-20-31(37-7)30(36-6)19-24(26)16-17-33(27)21-23-11-15-28(34-4)29(18-23)35-5/h8-9,11-13,15,18-20H,10,14,16-17,21H2,1-7H3/q+1. The van der Waals surface area contributed by atoms with Gasteiger partial charge in [0.2, 0.25) is 0 Å². The molecule has 1 aliphatic heterocycles. The summed E-state index contributed by atoms with van der Waals surface area (Å²) in [6.45, 7) is 8.50. The normalized spacial score (nSPS) is 13.3. The van der Waals surface area contributed by atoms with Crippen LogP contribution < -0.4 is 18.9 Å². The summed E-state index contributed by atoms with van der Waals surface area (Å²) in [5, 5.41) is 0. The van der Waals surface area contributed by atoms with Crippen LogP contribution in [0.2, 0.25) is 0 Å². The second-order valence-corrected chi connectivity index (χ2v) is 10.6. The number of ether oxygens (including phenoxy) is 4. The van der Waals surface area contributed by atoms with E-state index in [1.165, 1.54) is 33.5 Å². The smallest absolute Gasteiger partial charge is 0.184 e. The Morgan fingerprint density at radius 2 is 1.27 bits per heavy atom. The van der Waals surface area contributed by atoms with Crippen LogP contribution in [0.25, 0.3) is 0 Å². The Morgan fingerprint density at radius 3 is 1.89 bits per heavy atom. The van der Waals surface area contributed by atoms with Crippen molar-refractivity contribution in [1.29, 1.82) is 0 Å². The summed E-state index contributed by atoms with van der Waals surface area (Å²) in [5.74, 6) is 3.05. The molecule has 4 rings (SSSR count). The quantitative estimate of drug-likeness (QED) is 0.326. The van der Waals surface area contributed by atoms with E-state index in [2.05, 4.69) is 73.9 Å². The maximum Gasteiger partial charge on any atom is 0.184 e. The number of hydrogen-bond donors (Lipinski definition) is 0. The Labute approximate surface area is 221 Å². The van der Waals surface area contributed by atoms with Crippen LogP contribution >= 0.6 is 0 Å². The minimum absolute atomic E-state index is 0.154. The molecule has 5 heteroatoms. The molecule has 0 bridgehead atoms. The molecule has 0 amide bonds. The SMILES string of the molecule is COc1ccc(C[N+]2=C(CCc3ccc(C(C)(C)C)cc3)c3cc(OC)c(OC)cc3CC2)cc1OC. The van der Waals surface area contributed by atoms with Crippen molar-refractivity contribution in [3.63, 3.8) is 0 Å². The third kappa shape index (κ3) is 5.93. The van der Waals surface area contributed by atoms with Crippen LogP contribution in [0.1, 0.15) is 55.0 Å². The van der Waals surface area contributed by atoms with Crippen LogP contribution in [0.3, 0.4) is 0 Å². The summed E-state index contributed by atoms with van der Waals surface area (Å²) in [6.07, 6.45) is 2.85. The van der Waals surface area contributed by atoms with Gasteiger partial charge in [-0.15, -0.1) is 0 Å². The maximum absolute atomic E-state index is 5.68. The van der Waals surface area contributed by atoms with Gasteiger partial charge in [-0.3, -0.25) is 0 Å². The van der Waals surface area contributed by atoms with E-state index in [1.54, 1.807) is 28.4 Å². The van der Waals surface area contributed by atoms with Gasteiger partial charge in [-0.05, 0) is 58.9 Å². The molecule has 0 radical (unpaired) electrons. The molecule has 0 unspecified atom stereocenters. The fraction of sp³-hybridized carbons (Fsp3) is 0.406. The molecule has 0 saturated carbocycles. The Balaban J connectivity index is 1.70. The number of fused-ring (bicyclic) bond motifs is 1. The lowest BCUT2D eigenvalue weighted by atomic mass is 9.86. The van der Waals surface area contributed by atoms with Crippen molar-refractivity contribution in [2.24, 2.45) is 0 Å². The molecular formula is C32H40NO4+. The lowest BCUT2D eigenvalue weighted by Gasteiger charge is -2.22. The first-order valence-corrected chi connectivity index (χ1v) is 12.9. The Bertz CT molecular complexity index is 1270. The Hall–Kier alpha value is -3.47. The zero-order valence-electron chi connectivity index (χ0n) is 23.3. The molecule has 0 N–H and O–H groups in total. The summed E-state index contributed by atoms with van der Waals surface area (Å²) in [6, 6.07) is 19.5. The molecule has 0 saturated heterocycles. The topological polar surface area (TPSA) is 39.9 Å². The average molecular weight is 503 g/mol. The van der Waals surface area contributed by atoms with Gasteiger partial charge in [-0.2, -0.15) is 0 Å². The second kappa shape index (κ2) is 11.3. The van der Waals surface area contributed by atoms with Crippen molar-refractivity contribution in [3.05, 3.63) is 82.4 Å².